The minimum Gasteiger partial charge on any atom is -0.353 e. The van der Waals surface area contributed by atoms with Crippen LogP contribution in [-0.2, 0) is 0 Å². The number of hydrogen-bond donors (Lipinski definition) is 0. The first-order valence-electron chi connectivity index (χ1n) is 6.33. The lowest BCUT2D eigenvalue weighted by Crippen LogP contribution is -2.25. The minimum atomic E-state index is -0.792. The van der Waals surface area contributed by atoms with E-state index in [1.165, 1.54) is 0 Å². The van der Waals surface area contributed by atoms with E-state index >= 15 is 0 Å². The van der Waals surface area contributed by atoms with Gasteiger partial charge in [0.25, 0.3) is 0 Å². The van der Waals surface area contributed by atoms with Gasteiger partial charge in [0.1, 0.15) is 18.2 Å². The molecular formula is C12H16F2N4. The topological polar surface area (TPSA) is 32.3 Å². The fourth-order valence-electron chi connectivity index (χ4n) is 2.49. The molecule has 1 aromatic heterocycles. The number of alkyl halides is 2. The Morgan fingerprint density at radius 1 is 1.06 bits per heavy atom. The molecule has 98 valence electrons. The van der Waals surface area contributed by atoms with E-state index in [-0.39, 0.29) is 0 Å². The normalized spacial score (nSPS) is 28.1. The van der Waals surface area contributed by atoms with Crippen molar-refractivity contribution in [1.82, 2.24) is 9.97 Å². The molecule has 6 heteroatoms. The Balaban J connectivity index is 1.77. The summed E-state index contributed by atoms with van der Waals surface area (Å²) in [5.74, 6) is 1.29. The molecule has 0 aliphatic carbocycles. The summed E-state index contributed by atoms with van der Waals surface area (Å²) in [4.78, 5) is 12.3. The number of aromatic nitrogens is 2. The molecule has 0 radical (unpaired) electrons. The minimum absolute atomic E-state index is 0.356. The van der Waals surface area contributed by atoms with Crippen molar-refractivity contribution >= 4 is 11.8 Å². The predicted molar refractivity (Wildman–Crippen MR) is 65.5 cm³/mol. The molecule has 2 atom stereocenters. The second-order valence-corrected chi connectivity index (χ2v) is 4.88. The van der Waals surface area contributed by atoms with Gasteiger partial charge in [-0.2, -0.15) is 4.98 Å². The van der Waals surface area contributed by atoms with E-state index in [0.29, 0.717) is 45.0 Å². The smallest absolute Gasteiger partial charge is 0.227 e. The summed E-state index contributed by atoms with van der Waals surface area (Å²) in [6, 6.07) is 1.78. The van der Waals surface area contributed by atoms with Crippen molar-refractivity contribution in [3.8, 4) is 0 Å². The van der Waals surface area contributed by atoms with Gasteiger partial charge in [0.05, 0.1) is 13.1 Å². The number of anilines is 2. The van der Waals surface area contributed by atoms with Crippen molar-refractivity contribution in [2.45, 2.75) is 25.2 Å². The van der Waals surface area contributed by atoms with Crippen molar-refractivity contribution in [1.29, 1.82) is 0 Å². The molecule has 2 saturated heterocycles. The fraction of sp³-hybridized carbons (Fsp3) is 0.667. The molecule has 2 aliphatic rings. The van der Waals surface area contributed by atoms with Crippen LogP contribution in [0.4, 0.5) is 20.5 Å². The van der Waals surface area contributed by atoms with Gasteiger partial charge in [-0.1, -0.05) is 0 Å². The molecule has 3 rings (SSSR count). The highest BCUT2D eigenvalue weighted by Crippen LogP contribution is 2.23. The van der Waals surface area contributed by atoms with Crippen molar-refractivity contribution < 1.29 is 8.78 Å². The summed E-state index contributed by atoms with van der Waals surface area (Å²) in [6.45, 7) is 2.08. The third-order valence-electron chi connectivity index (χ3n) is 3.50. The zero-order chi connectivity index (χ0) is 12.5. The molecule has 3 heterocycles. The molecular weight excluding hydrogens is 238 g/mol. The molecule has 1 aromatic rings. The molecule has 2 aliphatic heterocycles. The maximum absolute atomic E-state index is 13.2. The Morgan fingerprint density at radius 3 is 2.33 bits per heavy atom. The van der Waals surface area contributed by atoms with Crippen molar-refractivity contribution in [3.63, 3.8) is 0 Å². The number of nitrogens with zero attached hydrogens (tertiary/aromatic N) is 4. The average molecular weight is 254 g/mol. The van der Waals surface area contributed by atoms with Crippen LogP contribution in [0.15, 0.2) is 12.3 Å². The van der Waals surface area contributed by atoms with Gasteiger partial charge in [-0.3, -0.25) is 0 Å². The Labute approximate surface area is 105 Å². The molecule has 4 nitrogen and oxygen atoms in total. The van der Waals surface area contributed by atoms with Gasteiger partial charge < -0.3 is 9.80 Å². The lowest BCUT2D eigenvalue weighted by atomic mass is 10.3. The second kappa shape index (κ2) is 4.66. The van der Waals surface area contributed by atoms with Crippen LogP contribution in [0.25, 0.3) is 0 Å². The average Bonchev–Trinajstić information content (AvgIpc) is 2.98. The Bertz CT molecular complexity index is 393. The third-order valence-corrected chi connectivity index (χ3v) is 3.50. The molecule has 0 spiro atoms. The van der Waals surface area contributed by atoms with Crippen LogP contribution < -0.4 is 9.80 Å². The lowest BCUT2D eigenvalue weighted by Gasteiger charge is -2.20. The number of halogens is 2. The quantitative estimate of drug-likeness (QED) is 0.802. The van der Waals surface area contributed by atoms with Gasteiger partial charge in [0, 0.05) is 19.3 Å². The van der Waals surface area contributed by atoms with Crippen LogP contribution in [0.5, 0.6) is 0 Å². The standard InChI is InChI=1S/C12H16F2N4/c13-9-2-5-17(7-9)11-1-4-15-12(16-11)18-6-3-10(14)8-18/h1,4,9-10H,2-3,5-8H2/t9-,10+/m0/s1. The van der Waals surface area contributed by atoms with E-state index in [0.717, 1.165) is 5.82 Å². The molecule has 0 amide bonds. The highest BCUT2D eigenvalue weighted by molar-refractivity contribution is 5.45. The maximum Gasteiger partial charge on any atom is 0.227 e. The van der Waals surface area contributed by atoms with E-state index in [2.05, 4.69) is 9.97 Å². The van der Waals surface area contributed by atoms with Crippen LogP contribution >= 0.6 is 0 Å². The molecule has 0 aromatic carbocycles. The molecule has 2 fully saturated rings. The van der Waals surface area contributed by atoms with Gasteiger partial charge in [-0.15, -0.1) is 0 Å². The first-order valence-corrected chi connectivity index (χ1v) is 6.33. The van der Waals surface area contributed by atoms with Gasteiger partial charge in [0.2, 0.25) is 5.95 Å². The molecule has 0 unspecified atom stereocenters. The molecule has 0 N–H and O–H groups in total. The van der Waals surface area contributed by atoms with Crippen LogP contribution in [-0.4, -0.2) is 48.5 Å². The largest absolute Gasteiger partial charge is 0.353 e. The van der Waals surface area contributed by atoms with Gasteiger partial charge in [-0.25, -0.2) is 13.8 Å². The summed E-state index contributed by atoms with van der Waals surface area (Å²) in [5, 5.41) is 0. The van der Waals surface area contributed by atoms with Gasteiger partial charge in [0.15, 0.2) is 0 Å². The monoisotopic (exact) mass is 254 g/mol. The fourth-order valence-corrected chi connectivity index (χ4v) is 2.49. The summed E-state index contributed by atoms with van der Waals surface area (Å²) in [5.41, 5.74) is 0. The SMILES string of the molecule is F[C@@H]1CCN(c2nccc(N3CC[C@H](F)C3)n2)C1. The molecule has 18 heavy (non-hydrogen) atoms. The predicted octanol–water partition coefficient (Wildman–Crippen LogP) is 1.57. The summed E-state index contributed by atoms with van der Waals surface area (Å²) < 4.78 is 26.3. The van der Waals surface area contributed by atoms with Crippen LogP contribution in [0.3, 0.4) is 0 Å². The lowest BCUT2D eigenvalue weighted by molar-refractivity contribution is 0.364. The first-order chi connectivity index (χ1) is 8.72. The van der Waals surface area contributed by atoms with Crippen LogP contribution in [0, 0.1) is 0 Å². The van der Waals surface area contributed by atoms with E-state index in [4.69, 9.17) is 0 Å². The van der Waals surface area contributed by atoms with E-state index in [9.17, 15) is 8.78 Å². The van der Waals surface area contributed by atoms with E-state index in [1.807, 2.05) is 9.80 Å². The Kier molecular flexibility index (Phi) is 3.01. The summed E-state index contributed by atoms with van der Waals surface area (Å²) >= 11 is 0. The third kappa shape index (κ3) is 2.23. The van der Waals surface area contributed by atoms with Crippen molar-refractivity contribution in [3.05, 3.63) is 12.3 Å². The van der Waals surface area contributed by atoms with Crippen molar-refractivity contribution in [2.24, 2.45) is 0 Å². The van der Waals surface area contributed by atoms with E-state index in [1.54, 1.807) is 12.3 Å². The van der Waals surface area contributed by atoms with Gasteiger partial charge in [-0.05, 0) is 18.9 Å². The molecule has 0 bridgehead atoms. The number of hydrogen-bond acceptors (Lipinski definition) is 4. The Morgan fingerprint density at radius 2 is 1.72 bits per heavy atom. The highest BCUT2D eigenvalue weighted by Gasteiger charge is 2.26. The second-order valence-electron chi connectivity index (χ2n) is 4.88. The number of rotatable bonds is 2. The first kappa shape index (κ1) is 11.6. The van der Waals surface area contributed by atoms with Gasteiger partial charge >= 0.3 is 0 Å². The molecule has 0 saturated carbocycles. The van der Waals surface area contributed by atoms with Crippen LogP contribution in [0.2, 0.25) is 0 Å². The Hall–Kier alpha value is -1.46. The van der Waals surface area contributed by atoms with Crippen molar-refractivity contribution in [2.75, 3.05) is 36.0 Å². The van der Waals surface area contributed by atoms with Crippen LogP contribution in [0.1, 0.15) is 12.8 Å². The maximum atomic E-state index is 13.2. The summed E-state index contributed by atoms with van der Waals surface area (Å²) in [6.07, 6.45) is 1.18. The summed E-state index contributed by atoms with van der Waals surface area (Å²) in [7, 11) is 0. The zero-order valence-corrected chi connectivity index (χ0v) is 10.1. The highest BCUT2D eigenvalue weighted by atomic mass is 19.1. The zero-order valence-electron chi connectivity index (χ0n) is 10.1. The van der Waals surface area contributed by atoms with E-state index < -0.39 is 12.3 Å².